The number of nitrogens with two attached hydrogens (primary N) is 1. The van der Waals surface area contributed by atoms with Crippen molar-refractivity contribution in [2.45, 2.75) is 43.4 Å². The Bertz CT molecular complexity index is 2090. The SMILES string of the molecule is N[C@@H](CO[C@@H]1O[C@H](COC(=O)c2ccccc2)[C@@H](OC(=O)c2ccccc2)[C@H](OC(=O)c2ccccc2)[C@H]1OC(=O)c1ccccc1)C(=O)OCc1ccccc1. The van der Waals surface area contributed by atoms with Crippen LogP contribution in [0.3, 0.4) is 0 Å². The first-order valence-corrected chi connectivity index (χ1v) is 18.0. The lowest BCUT2D eigenvalue weighted by atomic mass is 9.97. The van der Waals surface area contributed by atoms with E-state index < -0.39 is 79.8 Å². The molecule has 5 aromatic rings. The molecule has 1 heterocycles. The molecular weight excluding hydrogens is 734 g/mol. The van der Waals surface area contributed by atoms with Crippen LogP contribution in [0.25, 0.3) is 0 Å². The fourth-order valence-corrected chi connectivity index (χ4v) is 5.76. The maximum absolute atomic E-state index is 13.8. The van der Waals surface area contributed by atoms with Crippen LogP contribution < -0.4 is 5.73 Å². The molecule has 13 heteroatoms. The Morgan fingerprint density at radius 2 is 0.912 bits per heavy atom. The van der Waals surface area contributed by atoms with Gasteiger partial charge in [0.15, 0.2) is 24.6 Å². The van der Waals surface area contributed by atoms with Crippen molar-refractivity contribution in [3.8, 4) is 0 Å². The van der Waals surface area contributed by atoms with Gasteiger partial charge in [-0.3, -0.25) is 4.79 Å². The molecule has 2 N–H and O–H groups in total. The van der Waals surface area contributed by atoms with Gasteiger partial charge in [-0.1, -0.05) is 103 Å². The van der Waals surface area contributed by atoms with E-state index in [-0.39, 0.29) is 28.9 Å². The number of esters is 5. The lowest BCUT2D eigenvalue weighted by Crippen LogP contribution is -2.63. The highest BCUT2D eigenvalue weighted by atomic mass is 16.7. The molecule has 57 heavy (non-hydrogen) atoms. The molecule has 6 atom stereocenters. The topological polar surface area (TPSA) is 176 Å². The number of ether oxygens (including phenoxy) is 7. The van der Waals surface area contributed by atoms with E-state index in [0.717, 1.165) is 5.56 Å². The summed E-state index contributed by atoms with van der Waals surface area (Å²) in [6, 6.07) is 39.6. The lowest BCUT2D eigenvalue weighted by molar-refractivity contribution is -0.299. The second-order valence-corrected chi connectivity index (χ2v) is 12.7. The van der Waals surface area contributed by atoms with Crippen molar-refractivity contribution in [2.75, 3.05) is 13.2 Å². The second kappa shape index (κ2) is 19.8. The smallest absolute Gasteiger partial charge is 0.338 e. The zero-order valence-corrected chi connectivity index (χ0v) is 30.5. The number of rotatable bonds is 15. The number of hydrogen-bond donors (Lipinski definition) is 1. The van der Waals surface area contributed by atoms with Gasteiger partial charge in [0.05, 0.1) is 28.9 Å². The molecule has 1 fully saturated rings. The summed E-state index contributed by atoms with van der Waals surface area (Å²) in [4.78, 5) is 67.2. The van der Waals surface area contributed by atoms with E-state index in [4.69, 9.17) is 38.9 Å². The van der Waals surface area contributed by atoms with Gasteiger partial charge in [-0.05, 0) is 54.1 Å². The first-order chi connectivity index (χ1) is 27.8. The third kappa shape index (κ3) is 11.0. The van der Waals surface area contributed by atoms with Gasteiger partial charge >= 0.3 is 29.8 Å². The average Bonchev–Trinajstić information content (AvgIpc) is 3.26. The Morgan fingerprint density at radius 3 is 1.39 bits per heavy atom. The Morgan fingerprint density at radius 1 is 0.509 bits per heavy atom. The highest BCUT2D eigenvalue weighted by Gasteiger charge is 2.54. The van der Waals surface area contributed by atoms with E-state index in [1.165, 1.54) is 36.4 Å². The van der Waals surface area contributed by atoms with Gasteiger partial charge in [0.1, 0.15) is 25.4 Å². The average molecular weight is 774 g/mol. The van der Waals surface area contributed by atoms with Gasteiger partial charge in [0, 0.05) is 0 Å². The molecule has 13 nitrogen and oxygen atoms in total. The minimum atomic E-state index is -1.65. The molecule has 0 bridgehead atoms. The van der Waals surface area contributed by atoms with Crippen LogP contribution in [0.2, 0.25) is 0 Å². The normalized spacial score (nSPS) is 19.3. The van der Waals surface area contributed by atoms with E-state index in [2.05, 4.69) is 0 Å². The van der Waals surface area contributed by atoms with Gasteiger partial charge in [-0.15, -0.1) is 0 Å². The fraction of sp³-hybridized carbons (Fsp3) is 0.205. The maximum atomic E-state index is 13.8. The van der Waals surface area contributed by atoms with Crippen LogP contribution >= 0.6 is 0 Å². The van der Waals surface area contributed by atoms with Crippen molar-refractivity contribution >= 4 is 29.8 Å². The van der Waals surface area contributed by atoms with E-state index in [0.29, 0.717) is 0 Å². The zero-order chi connectivity index (χ0) is 40.0. The third-order valence-corrected chi connectivity index (χ3v) is 8.70. The van der Waals surface area contributed by atoms with Gasteiger partial charge in [-0.25, -0.2) is 19.2 Å². The summed E-state index contributed by atoms with van der Waals surface area (Å²) in [6.45, 7) is -1.13. The quantitative estimate of drug-likeness (QED) is 0.107. The molecule has 0 amide bonds. The fourth-order valence-electron chi connectivity index (χ4n) is 5.76. The first kappa shape index (κ1) is 40.0. The monoisotopic (exact) mass is 773 g/mol. The molecule has 0 aliphatic carbocycles. The van der Waals surface area contributed by atoms with Gasteiger partial charge < -0.3 is 38.9 Å². The molecule has 1 saturated heterocycles. The predicted octanol–water partition coefficient (Wildman–Crippen LogP) is 5.33. The van der Waals surface area contributed by atoms with Crippen LogP contribution in [-0.4, -0.2) is 79.8 Å². The maximum Gasteiger partial charge on any atom is 0.338 e. The number of hydrogen-bond acceptors (Lipinski definition) is 13. The molecule has 1 aliphatic heterocycles. The van der Waals surface area contributed by atoms with Gasteiger partial charge in [0.2, 0.25) is 0 Å². The molecule has 6 rings (SSSR count). The van der Waals surface area contributed by atoms with E-state index in [1.54, 1.807) is 109 Å². The zero-order valence-electron chi connectivity index (χ0n) is 30.5. The Kier molecular flexibility index (Phi) is 13.9. The van der Waals surface area contributed by atoms with Crippen LogP contribution in [-0.2, 0) is 44.6 Å². The van der Waals surface area contributed by atoms with Crippen LogP contribution in [0.4, 0.5) is 0 Å². The van der Waals surface area contributed by atoms with Gasteiger partial charge in [-0.2, -0.15) is 0 Å². The van der Waals surface area contributed by atoms with Crippen LogP contribution in [0.15, 0.2) is 152 Å². The molecular formula is C44H39NO12. The molecule has 0 radical (unpaired) electrons. The molecule has 0 saturated carbocycles. The summed E-state index contributed by atoms with van der Waals surface area (Å²) in [5.41, 5.74) is 7.54. The minimum Gasteiger partial charge on any atom is -0.460 e. The van der Waals surface area contributed by atoms with Gasteiger partial charge in [0.25, 0.3) is 0 Å². The summed E-state index contributed by atoms with van der Waals surface area (Å²) in [5, 5.41) is 0. The molecule has 0 aromatic heterocycles. The number of carbonyl (C=O) groups is 5. The van der Waals surface area contributed by atoms with E-state index in [9.17, 15) is 24.0 Å². The van der Waals surface area contributed by atoms with Crippen LogP contribution in [0.1, 0.15) is 47.0 Å². The largest absolute Gasteiger partial charge is 0.460 e. The predicted molar refractivity (Wildman–Crippen MR) is 202 cm³/mol. The molecule has 0 unspecified atom stereocenters. The number of benzene rings is 5. The summed E-state index contributed by atoms with van der Waals surface area (Å²) in [6.07, 6.45) is -7.87. The van der Waals surface area contributed by atoms with E-state index >= 15 is 0 Å². The first-order valence-electron chi connectivity index (χ1n) is 18.0. The summed E-state index contributed by atoms with van der Waals surface area (Å²) in [7, 11) is 0. The van der Waals surface area contributed by atoms with Crippen molar-refractivity contribution in [1.82, 2.24) is 0 Å². The lowest BCUT2D eigenvalue weighted by Gasteiger charge is -2.44. The Labute approximate surface area is 328 Å². The molecule has 5 aromatic carbocycles. The molecule has 1 aliphatic rings. The highest BCUT2D eigenvalue weighted by molar-refractivity contribution is 5.91. The van der Waals surface area contributed by atoms with Crippen molar-refractivity contribution in [3.05, 3.63) is 179 Å². The third-order valence-electron chi connectivity index (χ3n) is 8.70. The van der Waals surface area contributed by atoms with Crippen molar-refractivity contribution in [3.63, 3.8) is 0 Å². The molecule has 292 valence electrons. The molecule has 0 spiro atoms. The summed E-state index contributed by atoms with van der Waals surface area (Å²) in [5.74, 6) is -4.12. The van der Waals surface area contributed by atoms with Crippen LogP contribution in [0, 0.1) is 0 Å². The van der Waals surface area contributed by atoms with Crippen molar-refractivity contribution < 1.29 is 57.1 Å². The highest BCUT2D eigenvalue weighted by Crippen LogP contribution is 2.32. The summed E-state index contributed by atoms with van der Waals surface area (Å²) >= 11 is 0. The number of carbonyl (C=O) groups excluding carboxylic acids is 5. The summed E-state index contributed by atoms with van der Waals surface area (Å²) < 4.78 is 41.4. The standard InChI is InChI=1S/C44H39NO12/c45-34(43(50)51-26-29-16-6-1-7-17-29)27-53-44-38(57-42(49)33-24-14-5-15-25-33)37(56-41(48)32-22-12-4-13-23-32)36(55-40(47)31-20-10-3-11-21-31)35(54-44)28-52-39(46)30-18-8-2-9-19-30/h1-25,34-38,44H,26-28,45H2/t34-,35+,36+,37-,38+,44+/m0/s1. The Balaban J connectivity index is 1.34. The van der Waals surface area contributed by atoms with Crippen LogP contribution in [0.5, 0.6) is 0 Å². The van der Waals surface area contributed by atoms with E-state index in [1.807, 2.05) is 6.07 Å². The second-order valence-electron chi connectivity index (χ2n) is 12.7. The Hall–Kier alpha value is -6.67. The van der Waals surface area contributed by atoms with Crippen molar-refractivity contribution in [1.29, 1.82) is 0 Å². The van der Waals surface area contributed by atoms with Crippen molar-refractivity contribution in [2.24, 2.45) is 5.73 Å². The minimum absolute atomic E-state index is 0.0502.